The van der Waals surface area contributed by atoms with Crippen LogP contribution >= 0.6 is 56.6 Å². The summed E-state index contributed by atoms with van der Waals surface area (Å²) < 4.78 is 1.06. The first-order valence-corrected chi connectivity index (χ1v) is 8.82. The largest absolute Gasteiger partial charge is 0.298 e. The highest BCUT2D eigenvalue weighted by Crippen LogP contribution is 2.45. The molecule has 90 valence electrons. The lowest BCUT2D eigenvalue weighted by atomic mass is 10.1. The van der Waals surface area contributed by atoms with Crippen molar-refractivity contribution in [2.24, 2.45) is 0 Å². The van der Waals surface area contributed by atoms with E-state index in [1.54, 1.807) is 34.0 Å². The monoisotopic (exact) mass is 402 g/mol. The van der Waals surface area contributed by atoms with Crippen molar-refractivity contribution in [3.8, 4) is 20.2 Å². The Morgan fingerprint density at radius 3 is 2.28 bits per heavy atom. The van der Waals surface area contributed by atoms with Gasteiger partial charge < -0.3 is 0 Å². The summed E-state index contributed by atoms with van der Waals surface area (Å²) in [6.45, 7) is 0. The molecule has 0 fully saturated rings. The molecule has 0 saturated carbocycles. The van der Waals surface area contributed by atoms with Gasteiger partial charge in [-0.3, -0.25) is 4.79 Å². The van der Waals surface area contributed by atoms with E-state index in [1.165, 1.54) is 14.6 Å². The molecule has 1 nitrogen and oxygen atoms in total. The topological polar surface area (TPSA) is 17.1 Å². The molecule has 5 heteroatoms. The van der Waals surface area contributed by atoms with Gasteiger partial charge >= 0.3 is 0 Å². The number of aldehydes is 1. The first kappa shape index (κ1) is 12.5. The predicted octanol–water partition coefficient (Wildman–Crippen LogP) is 5.62. The van der Waals surface area contributed by atoms with Crippen molar-refractivity contribution in [1.82, 2.24) is 0 Å². The Hall–Kier alpha value is -0.500. The van der Waals surface area contributed by atoms with Crippen molar-refractivity contribution in [3.05, 3.63) is 43.5 Å². The number of hydrogen-bond donors (Lipinski definition) is 0. The smallest absolute Gasteiger partial charge is 0.152 e. The summed E-state index contributed by atoms with van der Waals surface area (Å²) in [4.78, 5) is 14.9. The average Bonchev–Trinajstić information content (AvgIpc) is 3.08. The van der Waals surface area contributed by atoms with Crippen LogP contribution in [0, 0.1) is 2.88 Å². The van der Waals surface area contributed by atoms with Crippen molar-refractivity contribution in [1.29, 1.82) is 0 Å². The summed E-state index contributed by atoms with van der Waals surface area (Å²) in [7, 11) is 0. The highest BCUT2D eigenvalue weighted by molar-refractivity contribution is 14.1. The van der Waals surface area contributed by atoms with Crippen molar-refractivity contribution >= 4 is 62.9 Å². The van der Waals surface area contributed by atoms with Crippen LogP contribution in [-0.4, -0.2) is 6.29 Å². The van der Waals surface area contributed by atoms with Gasteiger partial charge in [-0.05, 0) is 45.5 Å². The first-order valence-electron chi connectivity index (χ1n) is 5.16. The number of carbonyl (C=O) groups is 1. The van der Waals surface area contributed by atoms with Gasteiger partial charge in [-0.1, -0.05) is 12.1 Å². The molecule has 3 rings (SSSR count). The fraction of sp³-hybridized carbons (Fsp3) is 0. The van der Waals surface area contributed by atoms with Crippen molar-refractivity contribution < 1.29 is 4.79 Å². The molecule has 0 aliphatic heterocycles. The molecule has 0 aliphatic carbocycles. The van der Waals surface area contributed by atoms with Gasteiger partial charge in [0, 0.05) is 20.9 Å². The first-order chi connectivity index (χ1) is 8.81. The molecule has 0 N–H and O–H groups in total. The van der Waals surface area contributed by atoms with Gasteiger partial charge in [-0.25, -0.2) is 0 Å². The van der Waals surface area contributed by atoms with Gasteiger partial charge in [0.05, 0.1) is 7.76 Å². The number of thiophene rings is 3. The van der Waals surface area contributed by atoms with Crippen molar-refractivity contribution in [2.75, 3.05) is 0 Å². The predicted molar refractivity (Wildman–Crippen MR) is 89.0 cm³/mol. The van der Waals surface area contributed by atoms with Crippen LogP contribution < -0.4 is 0 Å². The van der Waals surface area contributed by atoms with Gasteiger partial charge in [0.15, 0.2) is 6.29 Å². The molecule has 3 aromatic rings. The summed E-state index contributed by atoms with van der Waals surface area (Å²) >= 11 is 7.34. The van der Waals surface area contributed by atoms with E-state index >= 15 is 0 Å². The molecule has 0 aromatic carbocycles. The van der Waals surface area contributed by atoms with E-state index in [0.717, 1.165) is 20.3 Å². The second-order valence-electron chi connectivity index (χ2n) is 3.57. The van der Waals surface area contributed by atoms with Crippen LogP contribution in [0.3, 0.4) is 0 Å². The highest BCUT2D eigenvalue weighted by atomic mass is 127. The molecule has 3 heterocycles. The number of carbonyl (C=O) groups excluding carboxylic acids is 1. The van der Waals surface area contributed by atoms with Crippen LogP contribution in [0.25, 0.3) is 20.2 Å². The zero-order valence-electron chi connectivity index (χ0n) is 9.05. The molecule has 18 heavy (non-hydrogen) atoms. The lowest BCUT2D eigenvalue weighted by Gasteiger charge is -2.00. The van der Waals surface area contributed by atoms with E-state index in [-0.39, 0.29) is 0 Å². The minimum Gasteiger partial charge on any atom is -0.298 e. The molecule has 3 aromatic heterocycles. The third-order valence-electron chi connectivity index (χ3n) is 2.53. The molecular weight excluding hydrogens is 395 g/mol. The minimum atomic E-state index is 0.825. The fourth-order valence-electron chi connectivity index (χ4n) is 1.77. The van der Waals surface area contributed by atoms with E-state index in [2.05, 4.69) is 40.1 Å². The molecule has 0 amide bonds. The minimum absolute atomic E-state index is 0.825. The van der Waals surface area contributed by atoms with E-state index in [1.807, 2.05) is 17.5 Å². The third-order valence-corrected chi connectivity index (χ3v) is 6.70. The highest BCUT2D eigenvalue weighted by Gasteiger charge is 2.20. The Morgan fingerprint density at radius 2 is 1.72 bits per heavy atom. The van der Waals surface area contributed by atoms with Crippen LogP contribution in [0.15, 0.2) is 35.0 Å². The summed E-state index contributed by atoms with van der Waals surface area (Å²) in [6.07, 6.45) is 0.977. The SMILES string of the molecule is O=Cc1c(I)sc(-c2cccs2)c1-c1cccs1. The molecule has 0 bridgehead atoms. The van der Waals surface area contributed by atoms with Crippen LogP contribution in [0.5, 0.6) is 0 Å². The van der Waals surface area contributed by atoms with E-state index in [0.29, 0.717) is 0 Å². The van der Waals surface area contributed by atoms with Crippen molar-refractivity contribution in [2.45, 2.75) is 0 Å². The zero-order valence-corrected chi connectivity index (χ0v) is 13.7. The molecule has 0 atom stereocenters. The second kappa shape index (κ2) is 5.24. The Morgan fingerprint density at radius 1 is 1.06 bits per heavy atom. The van der Waals surface area contributed by atoms with Gasteiger partial charge in [0.2, 0.25) is 0 Å². The maximum absolute atomic E-state index is 11.3. The quantitative estimate of drug-likeness (QED) is 0.410. The zero-order chi connectivity index (χ0) is 12.5. The lowest BCUT2D eigenvalue weighted by molar-refractivity contribution is 0.112. The maximum atomic E-state index is 11.3. The summed E-state index contributed by atoms with van der Waals surface area (Å²) in [5, 5.41) is 4.12. The van der Waals surface area contributed by atoms with E-state index in [9.17, 15) is 4.79 Å². The lowest BCUT2D eigenvalue weighted by Crippen LogP contribution is -1.83. The maximum Gasteiger partial charge on any atom is 0.152 e. The molecular formula is C13H7IOS3. The Labute approximate surface area is 130 Å². The van der Waals surface area contributed by atoms with Gasteiger partial charge in [-0.15, -0.1) is 34.0 Å². The van der Waals surface area contributed by atoms with Crippen LogP contribution in [0.1, 0.15) is 10.4 Å². The van der Waals surface area contributed by atoms with Gasteiger partial charge in [-0.2, -0.15) is 0 Å². The van der Waals surface area contributed by atoms with E-state index < -0.39 is 0 Å². The van der Waals surface area contributed by atoms with Crippen molar-refractivity contribution in [3.63, 3.8) is 0 Å². The van der Waals surface area contributed by atoms with Gasteiger partial charge in [0.25, 0.3) is 0 Å². The van der Waals surface area contributed by atoms with Gasteiger partial charge in [0.1, 0.15) is 0 Å². The van der Waals surface area contributed by atoms with Crippen LogP contribution in [-0.2, 0) is 0 Å². The summed E-state index contributed by atoms with van der Waals surface area (Å²) in [5.74, 6) is 0. The Balaban J connectivity index is 2.30. The molecule has 0 saturated heterocycles. The molecule has 0 unspecified atom stereocenters. The Bertz CT molecular complexity index is 665. The van der Waals surface area contributed by atoms with Crippen LogP contribution in [0.4, 0.5) is 0 Å². The fourth-order valence-corrected chi connectivity index (χ4v) is 5.55. The van der Waals surface area contributed by atoms with E-state index in [4.69, 9.17) is 0 Å². The molecule has 0 radical (unpaired) electrons. The normalized spacial score (nSPS) is 10.7. The number of hydrogen-bond acceptors (Lipinski definition) is 4. The number of halogens is 1. The number of rotatable bonds is 3. The summed E-state index contributed by atoms with van der Waals surface area (Å²) in [5.41, 5.74) is 1.92. The molecule has 0 aliphatic rings. The Kier molecular flexibility index (Phi) is 3.65. The average molecular weight is 402 g/mol. The standard InChI is InChI=1S/C13H7IOS3/c14-13-8(7-15)11(9-3-1-5-16-9)12(18-13)10-4-2-6-17-10/h1-7H. The third kappa shape index (κ3) is 2.09. The summed E-state index contributed by atoms with van der Waals surface area (Å²) in [6, 6.07) is 8.26. The molecule has 0 spiro atoms. The van der Waals surface area contributed by atoms with Crippen LogP contribution in [0.2, 0.25) is 0 Å². The second-order valence-corrected chi connectivity index (χ2v) is 8.29.